The number of rotatable bonds is 6. The van der Waals surface area contributed by atoms with Crippen molar-refractivity contribution < 1.29 is 13.2 Å². The first kappa shape index (κ1) is 11.8. The van der Waals surface area contributed by atoms with Crippen LogP contribution in [-0.4, -0.2) is 26.4 Å². The van der Waals surface area contributed by atoms with Crippen molar-refractivity contribution in [2.75, 3.05) is 13.2 Å². The molecule has 0 aromatic heterocycles. The molecule has 0 aromatic carbocycles. The van der Waals surface area contributed by atoms with Gasteiger partial charge in [-0.3, -0.25) is 0 Å². The summed E-state index contributed by atoms with van der Waals surface area (Å²) in [5.74, 6) is 0. The molecule has 0 atom stereocenters. The smallest absolute Gasteiger partial charge is 0.238 e. The molecule has 0 unspecified atom stereocenters. The first-order valence-corrected chi connectivity index (χ1v) is 6.72. The summed E-state index contributed by atoms with van der Waals surface area (Å²) in [6, 6.07) is 1.94. The highest BCUT2D eigenvalue weighted by molar-refractivity contribution is 8.15. The molecule has 0 aliphatic heterocycles. The van der Waals surface area contributed by atoms with Gasteiger partial charge in [0.1, 0.15) is 0 Å². The minimum absolute atomic E-state index is 0.334. The summed E-state index contributed by atoms with van der Waals surface area (Å²) in [5.41, 5.74) is 0. The average molecular weight is 238 g/mol. The Morgan fingerprint density at radius 2 is 2.07 bits per heavy atom. The third-order valence-electron chi connectivity index (χ3n) is 2.39. The van der Waals surface area contributed by atoms with Crippen LogP contribution in [0.3, 0.4) is 0 Å². The summed E-state index contributed by atoms with van der Waals surface area (Å²) in [6.07, 6.45) is 2.02. The Kier molecular flexibility index (Phi) is 3.76. The van der Waals surface area contributed by atoms with Crippen LogP contribution in [0.4, 0.5) is 0 Å². The molecule has 6 heteroatoms. The molecule has 0 heterocycles. The van der Waals surface area contributed by atoms with Crippen LogP contribution in [0.2, 0.25) is 0 Å². The van der Waals surface area contributed by atoms with Gasteiger partial charge in [-0.2, -0.15) is 5.26 Å². The van der Waals surface area contributed by atoms with Gasteiger partial charge in [0.05, 0.1) is 23.8 Å². The van der Waals surface area contributed by atoms with Crippen molar-refractivity contribution >= 4 is 19.7 Å². The van der Waals surface area contributed by atoms with Crippen LogP contribution in [0.5, 0.6) is 0 Å². The maximum Gasteiger partial charge on any atom is 0.238 e. The molecule has 80 valence electrons. The Hall–Kier alpha value is -0.310. The van der Waals surface area contributed by atoms with Gasteiger partial charge in [0.25, 0.3) is 0 Å². The summed E-state index contributed by atoms with van der Waals surface area (Å²) in [5, 5.41) is 8.22. The Labute approximate surface area is 88.2 Å². The van der Waals surface area contributed by atoms with E-state index in [1.54, 1.807) is 0 Å². The molecule has 0 aromatic rings. The fourth-order valence-corrected chi connectivity index (χ4v) is 2.84. The lowest BCUT2D eigenvalue weighted by atomic mass is 10.3. The van der Waals surface area contributed by atoms with E-state index in [1.807, 2.05) is 6.07 Å². The monoisotopic (exact) mass is 237 g/mol. The van der Waals surface area contributed by atoms with Gasteiger partial charge in [0.15, 0.2) is 0 Å². The minimum Gasteiger partial charge on any atom is -0.380 e. The molecule has 1 rings (SSSR count). The van der Waals surface area contributed by atoms with Crippen LogP contribution < -0.4 is 0 Å². The number of hydrogen-bond donors (Lipinski definition) is 0. The second-order valence-corrected chi connectivity index (χ2v) is 6.35. The Balaban J connectivity index is 2.23. The maximum absolute atomic E-state index is 11.1. The number of nitrogens with zero attached hydrogens (tertiary/aromatic N) is 1. The number of halogens is 1. The van der Waals surface area contributed by atoms with Gasteiger partial charge in [-0.15, -0.1) is 0 Å². The number of hydrogen-bond acceptors (Lipinski definition) is 4. The van der Waals surface area contributed by atoms with Crippen molar-refractivity contribution in [3.8, 4) is 6.07 Å². The quantitative estimate of drug-likeness (QED) is 0.518. The van der Waals surface area contributed by atoms with E-state index in [0.29, 0.717) is 38.9 Å². The SMILES string of the molecule is N#CCCOCCC1(S(=O)(=O)Cl)CC1. The Bertz CT molecular complexity index is 329. The molecule has 1 saturated carbocycles. The standard InChI is InChI=1S/C8H12ClNO3S/c9-14(11,12)8(2-3-8)4-7-13-6-1-5-10/h1-4,6-7H2. The van der Waals surface area contributed by atoms with Crippen molar-refractivity contribution in [2.45, 2.75) is 30.4 Å². The molecule has 0 bridgehead atoms. The van der Waals surface area contributed by atoms with E-state index >= 15 is 0 Å². The summed E-state index contributed by atoms with van der Waals surface area (Å²) in [7, 11) is 1.83. The molecule has 0 spiro atoms. The largest absolute Gasteiger partial charge is 0.380 e. The fourth-order valence-electron chi connectivity index (χ4n) is 1.23. The normalized spacial score (nSPS) is 18.9. The van der Waals surface area contributed by atoms with E-state index in [0.717, 1.165) is 0 Å². The highest BCUT2D eigenvalue weighted by Gasteiger charge is 2.53. The van der Waals surface area contributed by atoms with Crippen molar-refractivity contribution in [3.05, 3.63) is 0 Å². The van der Waals surface area contributed by atoms with Crippen LogP contribution in [0, 0.1) is 11.3 Å². The van der Waals surface area contributed by atoms with Gasteiger partial charge in [-0.05, 0) is 19.3 Å². The first-order valence-electron chi connectivity index (χ1n) is 4.41. The zero-order valence-corrected chi connectivity index (χ0v) is 9.27. The van der Waals surface area contributed by atoms with Crippen LogP contribution >= 0.6 is 10.7 Å². The average Bonchev–Trinajstić information content (AvgIpc) is 2.84. The van der Waals surface area contributed by atoms with Crippen LogP contribution in [0.25, 0.3) is 0 Å². The molecule has 0 radical (unpaired) electrons. The lowest BCUT2D eigenvalue weighted by Crippen LogP contribution is -2.20. The second kappa shape index (κ2) is 4.47. The second-order valence-electron chi connectivity index (χ2n) is 3.39. The maximum atomic E-state index is 11.1. The minimum atomic E-state index is -3.46. The third-order valence-corrected chi connectivity index (χ3v) is 5.01. The van der Waals surface area contributed by atoms with Gasteiger partial charge in [-0.1, -0.05) is 0 Å². The zero-order valence-electron chi connectivity index (χ0n) is 7.70. The number of ether oxygens (including phenoxy) is 1. The van der Waals surface area contributed by atoms with E-state index in [2.05, 4.69) is 0 Å². The summed E-state index contributed by atoms with van der Waals surface area (Å²) >= 11 is 0. The predicted molar refractivity (Wildman–Crippen MR) is 52.4 cm³/mol. The number of nitriles is 1. The van der Waals surface area contributed by atoms with Crippen molar-refractivity contribution in [1.29, 1.82) is 5.26 Å². The van der Waals surface area contributed by atoms with E-state index in [4.69, 9.17) is 20.7 Å². The van der Waals surface area contributed by atoms with Gasteiger partial charge < -0.3 is 4.74 Å². The highest BCUT2D eigenvalue weighted by atomic mass is 35.7. The summed E-state index contributed by atoms with van der Waals surface area (Å²) in [6.45, 7) is 0.711. The molecule has 4 nitrogen and oxygen atoms in total. The van der Waals surface area contributed by atoms with Crippen molar-refractivity contribution in [3.63, 3.8) is 0 Å². The highest BCUT2D eigenvalue weighted by Crippen LogP contribution is 2.48. The van der Waals surface area contributed by atoms with Crippen molar-refractivity contribution in [2.24, 2.45) is 0 Å². The van der Waals surface area contributed by atoms with Crippen LogP contribution in [0.15, 0.2) is 0 Å². The first-order chi connectivity index (χ1) is 6.52. The van der Waals surface area contributed by atoms with E-state index < -0.39 is 13.8 Å². The topological polar surface area (TPSA) is 67.2 Å². The summed E-state index contributed by atoms with van der Waals surface area (Å²) in [4.78, 5) is 0. The molecule has 14 heavy (non-hydrogen) atoms. The van der Waals surface area contributed by atoms with Crippen LogP contribution in [-0.2, 0) is 13.8 Å². The molecule has 0 saturated heterocycles. The van der Waals surface area contributed by atoms with Gasteiger partial charge in [-0.25, -0.2) is 8.42 Å². The van der Waals surface area contributed by atoms with Crippen LogP contribution in [0.1, 0.15) is 25.7 Å². The predicted octanol–water partition coefficient (Wildman–Crippen LogP) is 1.41. The van der Waals surface area contributed by atoms with E-state index in [1.165, 1.54) is 0 Å². The molecule has 1 aliphatic carbocycles. The molecular weight excluding hydrogens is 226 g/mol. The van der Waals surface area contributed by atoms with E-state index in [9.17, 15) is 8.42 Å². The van der Waals surface area contributed by atoms with Crippen molar-refractivity contribution in [1.82, 2.24) is 0 Å². The van der Waals surface area contributed by atoms with Gasteiger partial charge in [0, 0.05) is 17.3 Å². The Morgan fingerprint density at radius 1 is 1.43 bits per heavy atom. The fraction of sp³-hybridized carbons (Fsp3) is 0.875. The van der Waals surface area contributed by atoms with E-state index in [-0.39, 0.29) is 0 Å². The lowest BCUT2D eigenvalue weighted by molar-refractivity contribution is 0.135. The molecular formula is C8H12ClNO3S. The molecule has 1 aliphatic rings. The Morgan fingerprint density at radius 3 is 2.50 bits per heavy atom. The summed E-state index contributed by atoms with van der Waals surface area (Å²) < 4.78 is 26.6. The van der Waals surface area contributed by atoms with Gasteiger partial charge >= 0.3 is 0 Å². The lowest BCUT2D eigenvalue weighted by Gasteiger charge is -2.10. The van der Waals surface area contributed by atoms with Gasteiger partial charge in [0.2, 0.25) is 9.05 Å². The zero-order chi connectivity index (χ0) is 10.7. The third kappa shape index (κ3) is 2.84. The molecule has 0 N–H and O–H groups in total. The molecule has 0 amide bonds. The molecule has 1 fully saturated rings.